The van der Waals surface area contributed by atoms with E-state index in [9.17, 15) is 9.18 Å². The molecule has 8 heteroatoms. The molecule has 1 N–H and O–H groups in total. The fourth-order valence-corrected chi connectivity index (χ4v) is 1.22. The molecule has 0 saturated carbocycles. The highest BCUT2D eigenvalue weighted by atomic mass is 19.1. The molecule has 0 bridgehead atoms. The SMILES string of the molecule is Cc1noc(COc2ncc(F)cc2C(=O)O)n1. The van der Waals surface area contributed by atoms with Crippen molar-refractivity contribution in [3.63, 3.8) is 0 Å². The standard InChI is InChI=1S/C10H8FN3O4/c1-5-13-8(18-14-5)4-17-9-7(10(15)16)2-6(11)3-12-9/h2-3H,4H2,1H3,(H,15,16). The molecule has 0 amide bonds. The van der Waals surface area contributed by atoms with E-state index in [1.807, 2.05) is 0 Å². The van der Waals surface area contributed by atoms with Gasteiger partial charge in [0.1, 0.15) is 11.4 Å². The Morgan fingerprint density at radius 1 is 1.61 bits per heavy atom. The van der Waals surface area contributed by atoms with Crippen molar-refractivity contribution in [1.29, 1.82) is 0 Å². The molecule has 2 aromatic rings. The maximum atomic E-state index is 12.9. The van der Waals surface area contributed by atoms with Crippen molar-refractivity contribution in [3.05, 3.63) is 35.4 Å². The first-order valence-corrected chi connectivity index (χ1v) is 4.87. The van der Waals surface area contributed by atoms with Crippen LogP contribution >= 0.6 is 0 Å². The first-order valence-electron chi connectivity index (χ1n) is 4.87. The van der Waals surface area contributed by atoms with Crippen molar-refractivity contribution in [2.45, 2.75) is 13.5 Å². The first-order chi connectivity index (χ1) is 8.56. The van der Waals surface area contributed by atoms with E-state index in [-0.39, 0.29) is 23.9 Å². The number of halogens is 1. The summed E-state index contributed by atoms with van der Waals surface area (Å²) in [7, 11) is 0. The van der Waals surface area contributed by atoms with Gasteiger partial charge in [-0.2, -0.15) is 4.98 Å². The molecule has 0 unspecified atom stereocenters. The van der Waals surface area contributed by atoms with E-state index >= 15 is 0 Å². The second-order valence-corrected chi connectivity index (χ2v) is 3.34. The molecule has 94 valence electrons. The van der Waals surface area contributed by atoms with Crippen molar-refractivity contribution < 1.29 is 23.6 Å². The van der Waals surface area contributed by atoms with Crippen molar-refractivity contribution in [2.75, 3.05) is 0 Å². The van der Waals surface area contributed by atoms with Crippen LogP contribution in [0.15, 0.2) is 16.8 Å². The minimum atomic E-state index is -1.33. The van der Waals surface area contributed by atoms with Gasteiger partial charge in [0.2, 0.25) is 5.88 Å². The summed E-state index contributed by atoms with van der Waals surface area (Å²) >= 11 is 0. The highest BCUT2D eigenvalue weighted by molar-refractivity contribution is 5.90. The minimum Gasteiger partial charge on any atom is -0.477 e. The Kier molecular flexibility index (Phi) is 3.18. The number of rotatable bonds is 4. The summed E-state index contributed by atoms with van der Waals surface area (Å²) in [6, 6.07) is 0.823. The van der Waals surface area contributed by atoms with Crippen molar-refractivity contribution in [3.8, 4) is 5.88 Å². The molecule has 18 heavy (non-hydrogen) atoms. The number of carbonyl (C=O) groups is 1. The van der Waals surface area contributed by atoms with E-state index in [4.69, 9.17) is 14.4 Å². The normalized spacial score (nSPS) is 10.3. The molecular formula is C10H8FN3O4. The summed E-state index contributed by atoms with van der Waals surface area (Å²) in [6.45, 7) is 1.49. The van der Waals surface area contributed by atoms with Crippen LogP contribution in [0.1, 0.15) is 22.1 Å². The Hall–Kier alpha value is -2.51. The smallest absolute Gasteiger partial charge is 0.341 e. The number of aromatic carboxylic acids is 1. The third-order valence-electron chi connectivity index (χ3n) is 1.95. The lowest BCUT2D eigenvalue weighted by molar-refractivity contribution is 0.0689. The molecule has 0 atom stereocenters. The number of carboxylic acids is 1. The molecule has 2 heterocycles. The third-order valence-corrected chi connectivity index (χ3v) is 1.95. The highest BCUT2D eigenvalue weighted by Crippen LogP contribution is 2.17. The summed E-state index contributed by atoms with van der Waals surface area (Å²) in [4.78, 5) is 18.3. The van der Waals surface area contributed by atoms with Crippen LogP contribution < -0.4 is 4.74 Å². The zero-order valence-corrected chi connectivity index (χ0v) is 9.25. The Labute approximate surface area is 100 Å². The van der Waals surface area contributed by atoms with Crippen molar-refractivity contribution in [1.82, 2.24) is 15.1 Å². The van der Waals surface area contributed by atoms with E-state index in [1.165, 1.54) is 0 Å². The molecular weight excluding hydrogens is 245 g/mol. The Morgan fingerprint density at radius 2 is 2.39 bits per heavy atom. The van der Waals surface area contributed by atoms with Crippen LogP contribution in [-0.4, -0.2) is 26.2 Å². The van der Waals surface area contributed by atoms with Gasteiger partial charge >= 0.3 is 5.97 Å². The summed E-state index contributed by atoms with van der Waals surface area (Å²) < 4.78 is 22.7. The Balaban J connectivity index is 2.16. The molecule has 7 nitrogen and oxygen atoms in total. The van der Waals surface area contributed by atoms with E-state index in [2.05, 4.69) is 15.1 Å². The number of pyridine rings is 1. The second kappa shape index (κ2) is 4.78. The predicted octanol–water partition coefficient (Wildman–Crippen LogP) is 1.19. The van der Waals surface area contributed by atoms with Crippen molar-refractivity contribution >= 4 is 5.97 Å². The van der Waals surface area contributed by atoms with Crippen LogP contribution in [0.2, 0.25) is 0 Å². The number of nitrogens with zero attached hydrogens (tertiary/aromatic N) is 3. The maximum absolute atomic E-state index is 12.9. The van der Waals surface area contributed by atoms with Crippen molar-refractivity contribution in [2.24, 2.45) is 0 Å². The van der Waals surface area contributed by atoms with Gasteiger partial charge in [-0.15, -0.1) is 0 Å². The third kappa shape index (κ3) is 2.59. The zero-order chi connectivity index (χ0) is 13.1. The lowest BCUT2D eigenvalue weighted by Crippen LogP contribution is -2.06. The molecule has 0 aliphatic rings. The van der Waals surface area contributed by atoms with Gasteiger partial charge in [-0.05, 0) is 13.0 Å². The van der Waals surface area contributed by atoms with E-state index in [0.717, 1.165) is 12.3 Å². The first kappa shape index (κ1) is 12.0. The van der Waals surface area contributed by atoms with Gasteiger partial charge in [0.15, 0.2) is 12.4 Å². The van der Waals surface area contributed by atoms with Crippen LogP contribution in [0.5, 0.6) is 5.88 Å². The molecule has 0 saturated heterocycles. The molecule has 0 aromatic carbocycles. The monoisotopic (exact) mass is 253 g/mol. The van der Waals surface area contributed by atoms with Crippen LogP contribution in [0.4, 0.5) is 4.39 Å². The van der Waals surface area contributed by atoms with Gasteiger partial charge in [0.25, 0.3) is 5.89 Å². The lowest BCUT2D eigenvalue weighted by Gasteiger charge is -2.05. The summed E-state index contributed by atoms with van der Waals surface area (Å²) in [5, 5.41) is 12.4. The van der Waals surface area contributed by atoms with Gasteiger partial charge < -0.3 is 14.4 Å². The fourth-order valence-electron chi connectivity index (χ4n) is 1.22. The topological polar surface area (TPSA) is 98.3 Å². The number of ether oxygens (including phenoxy) is 1. The average Bonchev–Trinajstić information content (AvgIpc) is 2.73. The maximum Gasteiger partial charge on any atom is 0.341 e. The number of carboxylic acid groups (broad SMARTS) is 1. The van der Waals surface area contributed by atoms with Gasteiger partial charge in [-0.25, -0.2) is 14.2 Å². The number of hydrogen-bond donors (Lipinski definition) is 1. The molecule has 0 fully saturated rings. The molecule has 2 rings (SSSR count). The summed E-state index contributed by atoms with van der Waals surface area (Å²) in [5.41, 5.74) is -0.369. The highest BCUT2D eigenvalue weighted by Gasteiger charge is 2.15. The fraction of sp³-hybridized carbons (Fsp3) is 0.200. The molecule has 0 spiro atoms. The van der Waals surface area contributed by atoms with E-state index in [1.54, 1.807) is 6.92 Å². The predicted molar refractivity (Wildman–Crippen MR) is 54.5 cm³/mol. The minimum absolute atomic E-state index is 0.139. The summed E-state index contributed by atoms with van der Waals surface area (Å²) in [6.07, 6.45) is 0.862. The van der Waals surface area contributed by atoms with Gasteiger partial charge in [0, 0.05) is 0 Å². The second-order valence-electron chi connectivity index (χ2n) is 3.34. The molecule has 0 aliphatic heterocycles. The average molecular weight is 253 g/mol. The zero-order valence-electron chi connectivity index (χ0n) is 9.25. The summed E-state index contributed by atoms with van der Waals surface area (Å²) in [5.74, 6) is -1.69. The van der Waals surface area contributed by atoms with E-state index < -0.39 is 11.8 Å². The van der Waals surface area contributed by atoms with E-state index in [0.29, 0.717) is 5.82 Å². The molecule has 0 aliphatic carbocycles. The largest absolute Gasteiger partial charge is 0.477 e. The van der Waals surface area contributed by atoms with Crippen LogP contribution in [-0.2, 0) is 6.61 Å². The van der Waals surface area contributed by atoms with Gasteiger partial charge in [-0.1, -0.05) is 5.16 Å². The van der Waals surface area contributed by atoms with Gasteiger partial charge in [0.05, 0.1) is 6.20 Å². The quantitative estimate of drug-likeness (QED) is 0.873. The van der Waals surface area contributed by atoms with Crippen LogP contribution in [0.25, 0.3) is 0 Å². The lowest BCUT2D eigenvalue weighted by atomic mass is 10.3. The van der Waals surface area contributed by atoms with Gasteiger partial charge in [-0.3, -0.25) is 0 Å². The number of hydrogen-bond acceptors (Lipinski definition) is 6. The Morgan fingerprint density at radius 3 is 3.00 bits per heavy atom. The number of aromatic nitrogens is 3. The van der Waals surface area contributed by atoms with Crippen LogP contribution in [0, 0.1) is 12.7 Å². The Bertz CT molecular complexity index is 584. The number of aryl methyl sites for hydroxylation is 1. The molecule has 2 aromatic heterocycles. The molecule has 0 radical (unpaired) electrons. The van der Waals surface area contributed by atoms with Crippen LogP contribution in [0.3, 0.4) is 0 Å².